The van der Waals surface area contributed by atoms with E-state index in [2.05, 4.69) is 17.3 Å². The van der Waals surface area contributed by atoms with Crippen molar-refractivity contribution in [3.63, 3.8) is 0 Å². The predicted octanol–water partition coefficient (Wildman–Crippen LogP) is 0.433. The van der Waals surface area contributed by atoms with Crippen LogP contribution in [-0.4, -0.2) is 60.5 Å². The highest BCUT2D eigenvalue weighted by atomic mass is 16.2. The van der Waals surface area contributed by atoms with Gasteiger partial charge in [0, 0.05) is 31.7 Å². The zero-order chi connectivity index (χ0) is 11.8. The largest absolute Gasteiger partial charge is 0.340 e. The first-order valence-electron chi connectivity index (χ1n) is 6.99. The monoisotopic (exact) mass is 237 g/mol. The molecule has 0 aromatic rings. The van der Waals surface area contributed by atoms with Crippen LogP contribution in [0.1, 0.15) is 32.1 Å². The summed E-state index contributed by atoms with van der Waals surface area (Å²) in [6.45, 7) is 2.89. The number of carbonyl (C=O) groups excluding carboxylic acids is 1. The van der Waals surface area contributed by atoms with E-state index in [4.69, 9.17) is 0 Å². The maximum Gasteiger partial charge on any atom is 0.239 e. The molecule has 3 fully saturated rings. The van der Waals surface area contributed by atoms with Gasteiger partial charge in [0.2, 0.25) is 5.91 Å². The lowest BCUT2D eigenvalue weighted by Crippen LogP contribution is -2.41. The smallest absolute Gasteiger partial charge is 0.239 e. The highest BCUT2D eigenvalue weighted by Gasteiger charge is 2.35. The molecule has 4 heteroatoms. The number of nitrogens with zero attached hydrogens (tertiary/aromatic N) is 2. The molecule has 3 aliphatic rings. The first kappa shape index (κ1) is 11.5. The van der Waals surface area contributed by atoms with Crippen LogP contribution in [-0.2, 0) is 4.79 Å². The van der Waals surface area contributed by atoms with E-state index in [1.54, 1.807) is 0 Å². The van der Waals surface area contributed by atoms with Crippen molar-refractivity contribution in [3.05, 3.63) is 0 Å². The molecular weight excluding hydrogens is 214 g/mol. The molecule has 0 aromatic carbocycles. The standard InChI is InChI=1S/C13H23N3O/c1-15(11-4-5-11)8-9-16-7-6-12(13(16)17)14-10-2-3-10/h10-12,14H,2-9H2,1H3. The zero-order valence-electron chi connectivity index (χ0n) is 10.7. The van der Waals surface area contributed by atoms with Gasteiger partial charge in [0.05, 0.1) is 6.04 Å². The van der Waals surface area contributed by atoms with Gasteiger partial charge in [0.15, 0.2) is 0 Å². The molecule has 0 radical (unpaired) electrons. The number of nitrogens with one attached hydrogen (secondary N) is 1. The summed E-state index contributed by atoms with van der Waals surface area (Å²) in [6, 6.07) is 1.56. The Morgan fingerprint density at radius 2 is 2.06 bits per heavy atom. The maximum absolute atomic E-state index is 12.1. The van der Waals surface area contributed by atoms with E-state index < -0.39 is 0 Å². The summed E-state index contributed by atoms with van der Waals surface area (Å²) in [5, 5.41) is 3.45. The van der Waals surface area contributed by atoms with Crippen LogP contribution in [0.25, 0.3) is 0 Å². The predicted molar refractivity (Wildman–Crippen MR) is 66.8 cm³/mol. The van der Waals surface area contributed by atoms with Gasteiger partial charge < -0.3 is 15.1 Å². The molecule has 0 bridgehead atoms. The molecule has 2 aliphatic carbocycles. The Balaban J connectivity index is 1.42. The third-order valence-electron chi connectivity index (χ3n) is 4.20. The molecule has 4 nitrogen and oxygen atoms in total. The van der Waals surface area contributed by atoms with E-state index in [9.17, 15) is 4.79 Å². The van der Waals surface area contributed by atoms with Crippen LogP contribution in [0.4, 0.5) is 0 Å². The van der Waals surface area contributed by atoms with Gasteiger partial charge in [-0.2, -0.15) is 0 Å². The second-order valence-corrected chi connectivity index (χ2v) is 5.82. The molecule has 1 N–H and O–H groups in total. The summed E-state index contributed by atoms with van der Waals surface area (Å²) in [7, 11) is 2.18. The van der Waals surface area contributed by atoms with Crippen molar-refractivity contribution in [2.75, 3.05) is 26.7 Å². The third kappa shape index (κ3) is 2.80. The van der Waals surface area contributed by atoms with E-state index in [0.717, 1.165) is 32.1 Å². The summed E-state index contributed by atoms with van der Waals surface area (Å²) < 4.78 is 0. The highest BCUT2D eigenvalue weighted by molar-refractivity contribution is 5.84. The number of likely N-dealkylation sites (tertiary alicyclic amines) is 1. The molecule has 96 valence electrons. The molecule has 17 heavy (non-hydrogen) atoms. The summed E-state index contributed by atoms with van der Waals surface area (Å²) in [4.78, 5) is 16.6. The van der Waals surface area contributed by atoms with Crippen molar-refractivity contribution in [1.82, 2.24) is 15.1 Å². The molecule has 0 spiro atoms. The fraction of sp³-hybridized carbons (Fsp3) is 0.923. The van der Waals surface area contributed by atoms with Crippen molar-refractivity contribution in [2.24, 2.45) is 0 Å². The molecule has 2 saturated carbocycles. The van der Waals surface area contributed by atoms with Crippen LogP contribution in [0.5, 0.6) is 0 Å². The van der Waals surface area contributed by atoms with E-state index in [1.807, 2.05) is 4.90 Å². The average molecular weight is 237 g/mol. The summed E-state index contributed by atoms with van der Waals surface area (Å²) in [5.41, 5.74) is 0. The Bertz CT molecular complexity index is 299. The van der Waals surface area contributed by atoms with Crippen molar-refractivity contribution >= 4 is 5.91 Å². The van der Waals surface area contributed by atoms with Gasteiger partial charge in [-0.25, -0.2) is 0 Å². The lowest BCUT2D eigenvalue weighted by Gasteiger charge is -2.21. The average Bonchev–Trinajstić information content (AvgIpc) is 3.19. The van der Waals surface area contributed by atoms with Crippen molar-refractivity contribution in [3.8, 4) is 0 Å². The Morgan fingerprint density at radius 3 is 2.71 bits per heavy atom. The maximum atomic E-state index is 12.1. The van der Waals surface area contributed by atoms with Crippen LogP contribution < -0.4 is 5.32 Å². The molecule has 1 amide bonds. The van der Waals surface area contributed by atoms with Crippen LogP contribution >= 0.6 is 0 Å². The molecule has 1 unspecified atom stereocenters. The zero-order valence-corrected chi connectivity index (χ0v) is 10.7. The van der Waals surface area contributed by atoms with Gasteiger partial charge >= 0.3 is 0 Å². The van der Waals surface area contributed by atoms with Crippen molar-refractivity contribution in [2.45, 2.75) is 50.2 Å². The number of likely N-dealkylation sites (N-methyl/N-ethyl adjacent to an activating group) is 1. The minimum atomic E-state index is 0.119. The van der Waals surface area contributed by atoms with E-state index in [-0.39, 0.29) is 6.04 Å². The molecule has 0 aromatic heterocycles. The first-order valence-corrected chi connectivity index (χ1v) is 6.99. The highest BCUT2D eigenvalue weighted by Crippen LogP contribution is 2.25. The molecular formula is C13H23N3O. The molecule has 3 rings (SSSR count). The lowest BCUT2D eigenvalue weighted by atomic mass is 10.2. The SMILES string of the molecule is CN(CCN1CCC(NC2CC2)C1=O)C1CC1. The minimum absolute atomic E-state index is 0.119. The Labute approximate surface area is 103 Å². The van der Waals surface area contributed by atoms with Crippen LogP contribution in [0.2, 0.25) is 0 Å². The summed E-state index contributed by atoms with van der Waals surface area (Å²) in [6.07, 6.45) is 6.21. The second-order valence-electron chi connectivity index (χ2n) is 5.82. The quantitative estimate of drug-likeness (QED) is 0.728. The van der Waals surface area contributed by atoms with Crippen molar-refractivity contribution < 1.29 is 4.79 Å². The number of rotatable bonds is 6. The fourth-order valence-corrected chi connectivity index (χ4v) is 2.63. The molecule has 1 aliphatic heterocycles. The normalized spacial score (nSPS) is 29.4. The molecule has 1 heterocycles. The number of carbonyl (C=O) groups is 1. The Kier molecular flexibility index (Phi) is 3.09. The van der Waals surface area contributed by atoms with Gasteiger partial charge in [-0.3, -0.25) is 4.79 Å². The van der Waals surface area contributed by atoms with E-state index >= 15 is 0 Å². The lowest BCUT2D eigenvalue weighted by molar-refractivity contribution is -0.129. The minimum Gasteiger partial charge on any atom is -0.340 e. The summed E-state index contributed by atoms with van der Waals surface area (Å²) >= 11 is 0. The van der Waals surface area contributed by atoms with Crippen LogP contribution in [0, 0.1) is 0 Å². The Hall–Kier alpha value is -0.610. The van der Waals surface area contributed by atoms with Gasteiger partial charge in [-0.1, -0.05) is 0 Å². The molecule has 1 atom stereocenters. The Morgan fingerprint density at radius 1 is 1.29 bits per heavy atom. The topological polar surface area (TPSA) is 35.6 Å². The third-order valence-corrected chi connectivity index (χ3v) is 4.20. The number of hydrogen-bond acceptors (Lipinski definition) is 3. The van der Waals surface area contributed by atoms with Gasteiger partial charge in [-0.15, -0.1) is 0 Å². The van der Waals surface area contributed by atoms with Crippen LogP contribution in [0.15, 0.2) is 0 Å². The number of hydrogen-bond donors (Lipinski definition) is 1. The van der Waals surface area contributed by atoms with Gasteiger partial charge in [-0.05, 0) is 39.2 Å². The van der Waals surface area contributed by atoms with Crippen LogP contribution in [0.3, 0.4) is 0 Å². The molecule has 1 saturated heterocycles. The number of amides is 1. The van der Waals surface area contributed by atoms with E-state index in [0.29, 0.717) is 11.9 Å². The second kappa shape index (κ2) is 4.58. The first-order chi connectivity index (χ1) is 8.24. The van der Waals surface area contributed by atoms with E-state index in [1.165, 1.54) is 25.7 Å². The summed E-state index contributed by atoms with van der Waals surface area (Å²) in [5.74, 6) is 0.334. The van der Waals surface area contributed by atoms with Gasteiger partial charge in [0.1, 0.15) is 0 Å². The fourth-order valence-electron chi connectivity index (χ4n) is 2.63. The van der Waals surface area contributed by atoms with Crippen molar-refractivity contribution in [1.29, 1.82) is 0 Å². The van der Waals surface area contributed by atoms with Gasteiger partial charge in [0.25, 0.3) is 0 Å².